The molecule has 2 aliphatic heterocycles. The van der Waals surface area contributed by atoms with Crippen molar-refractivity contribution in [2.75, 3.05) is 25.0 Å². The Bertz CT molecular complexity index is 753. The average molecular weight is 392 g/mol. The van der Waals surface area contributed by atoms with Gasteiger partial charge < -0.3 is 14.5 Å². The molecule has 0 unspecified atom stereocenters. The predicted octanol–water partition coefficient (Wildman–Crippen LogP) is 3.37. The van der Waals surface area contributed by atoms with Gasteiger partial charge >= 0.3 is 12.1 Å². The quantitative estimate of drug-likeness (QED) is 0.796. The number of ether oxygens (including phenoxy) is 1. The molecule has 1 saturated heterocycles. The van der Waals surface area contributed by atoms with E-state index in [0.717, 1.165) is 37.2 Å². The zero-order chi connectivity index (χ0) is 20.7. The third-order valence-corrected chi connectivity index (χ3v) is 5.53. The highest BCUT2D eigenvalue weighted by Crippen LogP contribution is 2.31. The lowest BCUT2D eigenvalue weighted by atomic mass is 9.83. The molecule has 8 nitrogen and oxygen atoms in total. The minimum Gasteiger partial charge on any atom is -0.444 e. The number of aromatic nitrogens is 2. The van der Waals surface area contributed by atoms with Crippen LogP contribution >= 0.6 is 0 Å². The van der Waals surface area contributed by atoms with E-state index in [1.807, 2.05) is 32.7 Å². The minimum absolute atomic E-state index is 0.0917. The van der Waals surface area contributed by atoms with Gasteiger partial charge in [0.25, 0.3) is 0 Å². The van der Waals surface area contributed by atoms with Gasteiger partial charge in [-0.05, 0) is 45.4 Å². The lowest BCUT2D eigenvalue weighted by Gasteiger charge is -2.36. The van der Waals surface area contributed by atoms with Crippen LogP contribution in [-0.2, 0) is 24.8 Å². The number of carbonyl (C=O) groups is 2. The van der Waals surface area contributed by atoms with Gasteiger partial charge in [0.15, 0.2) is 5.82 Å². The molecule has 0 spiro atoms. The van der Waals surface area contributed by atoms with E-state index in [-0.39, 0.29) is 12.1 Å². The summed E-state index contributed by atoms with van der Waals surface area (Å²) in [6.07, 6.45) is 2.34. The van der Waals surface area contributed by atoms with Crippen molar-refractivity contribution < 1.29 is 14.3 Å². The molecule has 0 atom stereocenters. The number of nitrogens with one attached hydrogen (secondary N) is 1. The molecular weight excluding hydrogens is 358 g/mol. The van der Waals surface area contributed by atoms with E-state index < -0.39 is 5.60 Å². The Morgan fingerprint density at radius 3 is 2.36 bits per heavy atom. The fourth-order valence-corrected chi connectivity index (χ4v) is 3.65. The zero-order valence-electron chi connectivity index (χ0n) is 18.0. The first-order valence-electron chi connectivity index (χ1n) is 10.0. The summed E-state index contributed by atoms with van der Waals surface area (Å²) in [6.45, 7) is 12.6. The van der Waals surface area contributed by atoms with Crippen LogP contribution in [0.3, 0.4) is 0 Å². The molecule has 1 aromatic rings. The molecule has 0 aromatic carbocycles. The number of anilines is 1. The summed E-state index contributed by atoms with van der Waals surface area (Å²) in [5, 5.41) is 7.49. The van der Waals surface area contributed by atoms with Crippen molar-refractivity contribution in [2.24, 2.45) is 12.5 Å². The number of urea groups is 1. The Morgan fingerprint density at radius 1 is 1.11 bits per heavy atom. The number of fused-ring (bicyclic) bond motifs is 1. The van der Waals surface area contributed by atoms with Gasteiger partial charge in [-0.1, -0.05) is 13.8 Å². The Hall–Kier alpha value is -2.25. The van der Waals surface area contributed by atoms with Crippen molar-refractivity contribution in [3.63, 3.8) is 0 Å². The van der Waals surface area contributed by atoms with Crippen molar-refractivity contribution in [3.8, 4) is 0 Å². The van der Waals surface area contributed by atoms with Crippen LogP contribution < -0.4 is 5.32 Å². The second kappa shape index (κ2) is 7.29. The third-order valence-electron chi connectivity index (χ3n) is 5.53. The van der Waals surface area contributed by atoms with Gasteiger partial charge in [-0.3, -0.25) is 10.00 Å². The maximum atomic E-state index is 12.7. The van der Waals surface area contributed by atoms with Crippen molar-refractivity contribution in [2.45, 2.75) is 66.0 Å². The lowest BCUT2D eigenvalue weighted by Crippen LogP contribution is -2.43. The first-order chi connectivity index (χ1) is 13.0. The molecule has 156 valence electrons. The number of amides is 3. The maximum absolute atomic E-state index is 12.7. The summed E-state index contributed by atoms with van der Waals surface area (Å²) < 4.78 is 7.23. The Kier molecular flexibility index (Phi) is 5.34. The third kappa shape index (κ3) is 4.59. The van der Waals surface area contributed by atoms with Gasteiger partial charge in [-0.15, -0.1) is 0 Å². The molecule has 0 bridgehead atoms. The molecule has 0 radical (unpaired) electrons. The van der Waals surface area contributed by atoms with Gasteiger partial charge in [-0.25, -0.2) is 9.59 Å². The summed E-state index contributed by atoms with van der Waals surface area (Å²) in [5.74, 6) is 0.608. The molecule has 8 heteroatoms. The van der Waals surface area contributed by atoms with E-state index in [2.05, 4.69) is 24.3 Å². The van der Waals surface area contributed by atoms with Crippen molar-refractivity contribution in [1.82, 2.24) is 19.6 Å². The number of hydrogen-bond donors (Lipinski definition) is 1. The largest absolute Gasteiger partial charge is 0.444 e. The van der Waals surface area contributed by atoms with Gasteiger partial charge in [-0.2, -0.15) is 5.10 Å². The fraction of sp³-hybridized carbons (Fsp3) is 0.750. The summed E-state index contributed by atoms with van der Waals surface area (Å²) in [6, 6.07) is -0.0917. The number of piperidine rings is 1. The van der Waals surface area contributed by atoms with Crippen LogP contribution in [0.5, 0.6) is 0 Å². The van der Waals surface area contributed by atoms with Gasteiger partial charge in [0.1, 0.15) is 5.60 Å². The van der Waals surface area contributed by atoms with E-state index in [1.165, 1.54) is 0 Å². The van der Waals surface area contributed by atoms with Crippen LogP contribution in [0.25, 0.3) is 0 Å². The Morgan fingerprint density at radius 2 is 1.75 bits per heavy atom. The summed E-state index contributed by atoms with van der Waals surface area (Å²) in [4.78, 5) is 28.6. The Balaban J connectivity index is 1.66. The smallest absolute Gasteiger partial charge is 0.410 e. The van der Waals surface area contributed by atoms with Crippen LogP contribution in [0.2, 0.25) is 0 Å². The zero-order valence-corrected chi connectivity index (χ0v) is 18.0. The molecule has 1 fully saturated rings. The van der Waals surface area contributed by atoms with Gasteiger partial charge in [0, 0.05) is 32.2 Å². The molecule has 3 amide bonds. The maximum Gasteiger partial charge on any atom is 0.410 e. The second-order valence-electron chi connectivity index (χ2n) is 9.63. The number of nitrogens with zero attached hydrogens (tertiary/aromatic N) is 4. The molecular formula is C20H33N5O3. The van der Waals surface area contributed by atoms with Crippen LogP contribution in [-0.4, -0.2) is 56.9 Å². The van der Waals surface area contributed by atoms with Gasteiger partial charge in [0.05, 0.1) is 12.2 Å². The van der Waals surface area contributed by atoms with Crippen LogP contribution in [0, 0.1) is 5.41 Å². The van der Waals surface area contributed by atoms with Crippen molar-refractivity contribution >= 4 is 17.9 Å². The minimum atomic E-state index is -0.522. The highest BCUT2D eigenvalue weighted by molar-refractivity contribution is 5.89. The molecule has 1 aromatic heterocycles. The molecule has 0 saturated carbocycles. The number of carbonyl (C=O) groups excluding carboxylic acids is 2. The standard InChI is InChI=1S/C20H33N5O3/c1-19(2,3)28-18(27)25-10-7-14-15(13-25)23(6)22-16(14)21-17(26)24-11-8-20(4,5)9-12-24/h7-13H2,1-6H3,(H,21,22,26). The molecule has 3 rings (SSSR count). The molecule has 28 heavy (non-hydrogen) atoms. The number of hydrogen-bond acceptors (Lipinski definition) is 4. The highest BCUT2D eigenvalue weighted by Gasteiger charge is 2.32. The van der Waals surface area contributed by atoms with E-state index in [9.17, 15) is 9.59 Å². The van der Waals surface area contributed by atoms with E-state index in [4.69, 9.17) is 4.74 Å². The predicted molar refractivity (Wildman–Crippen MR) is 107 cm³/mol. The van der Waals surface area contributed by atoms with Crippen LogP contribution in [0.4, 0.5) is 15.4 Å². The van der Waals surface area contributed by atoms with Crippen molar-refractivity contribution in [3.05, 3.63) is 11.3 Å². The van der Waals surface area contributed by atoms with E-state index in [1.54, 1.807) is 9.58 Å². The van der Waals surface area contributed by atoms with Crippen LogP contribution in [0.1, 0.15) is 58.7 Å². The SMILES string of the molecule is Cn1nc(NC(=O)N2CCC(C)(C)CC2)c2c1CN(C(=O)OC(C)(C)C)CC2. The highest BCUT2D eigenvalue weighted by atomic mass is 16.6. The topological polar surface area (TPSA) is 79.7 Å². The molecule has 2 aliphatic rings. The number of likely N-dealkylation sites (tertiary alicyclic amines) is 1. The summed E-state index contributed by atoms with van der Waals surface area (Å²) >= 11 is 0. The summed E-state index contributed by atoms with van der Waals surface area (Å²) in [7, 11) is 1.84. The number of rotatable bonds is 1. The number of aryl methyl sites for hydroxylation is 1. The van der Waals surface area contributed by atoms with Gasteiger partial charge in [0.2, 0.25) is 0 Å². The monoisotopic (exact) mass is 391 g/mol. The molecule has 0 aliphatic carbocycles. The second-order valence-corrected chi connectivity index (χ2v) is 9.63. The first-order valence-corrected chi connectivity index (χ1v) is 10.0. The van der Waals surface area contributed by atoms with Crippen molar-refractivity contribution in [1.29, 1.82) is 0 Å². The normalized spacial score (nSPS) is 19.2. The fourth-order valence-electron chi connectivity index (χ4n) is 3.65. The Labute approximate surface area is 167 Å². The summed E-state index contributed by atoms with van der Waals surface area (Å²) in [5.41, 5.74) is 1.72. The van der Waals surface area contributed by atoms with Crippen LogP contribution in [0.15, 0.2) is 0 Å². The average Bonchev–Trinajstić information content (AvgIpc) is 2.88. The molecule has 1 N–H and O–H groups in total. The lowest BCUT2D eigenvalue weighted by molar-refractivity contribution is 0.0219. The van der Waals surface area contributed by atoms with E-state index in [0.29, 0.717) is 30.7 Å². The van der Waals surface area contributed by atoms with E-state index >= 15 is 0 Å². The molecule has 3 heterocycles. The first kappa shape index (κ1) is 20.5.